The average molecular weight is 387 g/mol. The number of benzene rings is 1. The molecule has 0 radical (unpaired) electrons. The fourth-order valence-electron chi connectivity index (χ4n) is 3.60. The van der Waals surface area contributed by atoms with Crippen LogP contribution in [-0.4, -0.2) is 18.1 Å². The summed E-state index contributed by atoms with van der Waals surface area (Å²) in [6.45, 7) is 7.99. The summed E-state index contributed by atoms with van der Waals surface area (Å²) in [4.78, 5) is 13.3. The number of thiophene rings is 1. The molecular weight excluding hydrogens is 365 g/mol. The van der Waals surface area contributed by atoms with E-state index in [-0.39, 0.29) is 23.4 Å². The molecule has 2 heterocycles. The SMILES string of the molecule is CC1(C)Cc2c(sc(NC(=O)COc3ccccc3F)c2C#N)C(C)(C)N1. The van der Waals surface area contributed by atoms with Gasteiger partial charge in [0.1, 0.15) is 11.1 Å². The molecule has 1 aromatic heterocycles. The first kappa shape index (κ1) is 19.3. The quantitative estimate of drug-likeness (QED) is 0.833. The summed E-state index contributed by atoms with van der Waals surface area (Å²) in [6, 6.07) is 8.15. The van der Waals surface area contributed by atoms with E-state index in [1.807, 2.05) is 0 Å². The molecule has 0 atom stereocenters. The Hall–Kier alpha value is -2.43. The Bertz CT molecular complexity index is 928. The highest BCUT2D eigenvalue weighted by atomic mass is 32.1. The lowest BCUT2D eigenvalue weighted by molar-refractivity contribution is -0.118. The number of amides is 1. The van der Waals surface area contributed by atoms with Crippen LogP contribution in [0.1, 0.15) is 43.7 Å². The van der Waals surface area contributed by atoms with Gasteiger partial charge in [-0.3, -0.25) is 4.79 Å². The maximum Gasteiger partial charge on any atom is 0.262 e. The number of halogens is 1. The van der Waals surface area contributed by atoms with Gasteiger partial charge in [0.2, 0.25) is 0 Å². The smallest absolute Gasteiger partial charge is 0.262 e. The molecule has 0 spiro atoms. The molecule has 7 heteroatoms. The normalized spacial score (nSPS) is 16.9. The Kier molecular flexibility index (Phi) is 4.98. The average Bonchev–Trinajstić information content (AvgIpc) is 2.90. The van der Waals surface area contributed by atoms with Gasteiger partial charge < -0.3 is 15.4 Å². The van der Waals surface area contributed by atoms with Crippen molar-refractivity contribution in [3.05, 3.63) is 46.1 Å². The number of carbonyl (C=O) groups is 1. The summed E-state index contributed by atoms with van der Waals surface area (Å²) in [5, 5.41) is 16.5. The predicted molar refractivity (Wildman–Crippen MR) is 104 cm³/mol. The van der Waals surface area contributed by atoms with Crippen LogP contribution in [0, 0.1) is 17.1 Å². The largest absolute Gasteiger partial charge is 0.481 e. The van der Waals surface area contributed by atoms with Crippen LogP contribution in [0.25, 0.3) is 0 Å². The number of anilines is 1. The number of fused-ring (bicyclic) bond motifs is 1. The molecule has 1 aromatic carbocycles. The van der Waals surface area contributed by atoms with Gasteiger partial charge in [0.25, 0.3) is 5.91 Å². The van der Waals surface area contributed by atoms with Crippen molar-refractivity contribution in [2.75, 3.05) is 11.9 Å². The Labute approximate surface area is 162 Å². The summed E-state index contributed by atoms with van der Waals surface area (Å²) in [7, 11) is 0. The van der Waals surface area contributed by atoms with E-state index in [0.29, 0.717) is 17.0 Å². The fourth-order valence-corrected chi connectivity index (χ4v) is 4.85. The van der Waals surface area contributed by atoms with Gasteiger partial charge in [-0.1, -0.05) is 12.1 Å². The van der Waals surface area contributed by atoms with Crippen molar-refractivity contribution in [1.82, 2.24) is 5.32 Å². The molecule has 1 aliphatic rings. The zero-order valence-corrected chi connectivity index (χ0v) is 16.6. The van der Waals surface area contributed by atoms with Crippen LogP contribution in [0.4, 0.5) is 9.39 Å². The van der Waals surface area contributed by atoms with E-state index in [9.17, 15) is 14.4 Å². The van der Waals surface area contributed by atoms with E-state index in [2.05, 4.69) is 44.4 Å². The summed E-state index contributed by atoms with van der Waals surface area (Å²) < 4.78 is 18.8. The highest BCUT2D eigenvalue weighted by molar-refractivity contribution is 7.17. The number of para-hydroxylation sites is 1. The zero-order chi connectivity index (χ0) is 19.8. The minimum absolute atomic E-state index is 0.0192. The monoisotopic (exact) mass is 387 g/mol. The van der Waals surface area contributed by atoms with Crippen molar-refractivity contribution in [2.24, 2.45) is 0 Å². The van der Waals surface area contributed by atoms with Crippen LogP contribution >= 0.6 is 11.3 Å². The third-order valence-electron chi connectivity index (χ3n) is 4.40. The highest BCUT2D eigenvalue weighted by Crippen LogP contribution is 2.44. The number of hydrogen-bond donors (Lipinski definition) is 2. The zero-order valence-electron chi connectivity index (χ0n) is 15.8. The van der Waals surface area contributed by atoms with Crippen LogP contribution in [-0.2, 0) is 16.8 Å². The summed E-state index contributed by atoms with van der Waals surface area (Å²) in [6.07, 6.45) is 0.701. The second kappa shape index (κ2) is 6.95. The first-order valence-corrected chi connectivity index (χ1v) is 9.47. The molecule has 0 aliphatic carbocycles. The topological polar surface area (TPSA) is 74.1 Å². The number of rotatable bonds is 4. The van der Waals surface area contributed by atoms with Crippen LogP contribution in [0.3, 0.4) is 0 Å². The number of nitrogens with one attached hydrogen (secondary N) is 2. The van der Waals surface area contributed by atoms with Crippen LogP contribution in [0.2, 0.25) is 0 Å². The summed E-state index contributed by atoms with van der Waals surface area (Å²) >= 11 is 1.40. The van der Waals surface area contributed by atoms with Crippen molar-refractivity contribution in [3.63, 3.8) is 0 Å². The standard InChI is InChI=1S/C20H22FN3O2S/c1-19(2)9-12-13(10-22)18(27-17(12)20(3,4)24-19)23-16(25)11-26-15-8-6-5-7-14(15)21/h5-8,24H,9,11H2,1-4H3,(H,23,25). The molecule has 0 saturated heterocycles. The number of hydrogen-bond acceptors (Lipinski definition) is 5. The first-order chi connectivity index (χ1) is 12.6. The van der Waals surface area contributed by atoms with Gasteiger partial charge in [-0.25, -0.2) is 4.39 Å². The Balaban J connectivity index is 1.80. The third kappa shape index (κ3) is 3.97. The van der Waals surface area contributed by atoms with Gasteiger partial charge >= 0.3 is 0 Å². The van der Waals surface area contributed by atoms with Crippen LogP contribution < -0.4 is 15.4 Å². The molecule has 142 valence electrons. The molecule has 1 amide bonds. The Morgan fingerprint density at radius 3 is 2.74 bits per heavy atom. The molecular formula is C20H22FN3O2S. The van der Waals surface area contributed by atoms with Crippen LogP contribution in [0.5, 0.6) is 5.75 Å². The van der Waals surface area contributed by atoms with Gasteiger partial charge in [0.15, 0.2) is 18.2 Å². The van der Waals surface area contributed by atoms with E-state index >= 15 is 0 Å². The summed E-state index contributed by atoms with van der Waals surface area (Å²) in [5.74, 6) is -0.936. The van der Waals surface area contributed by atoms with Gasteiger partial charge in [-0.05, 0) is 51.8 Å². The lowest BCUT2D eigenvalue weighted by Gasteiger charge is -2.42. The molecule has 1 aliphatic heterocycles. The molecule has 27 heavy (non-hydrogen) atoms. The van der Waals surface area contributed by atoms with Gasteiger partial charge in [0, 0.05) is 16.0 Å². The molecule has 3 rings (SSSR count). The van der Waals surface area contributed by atoms with Crippen molar-refractivity contribution >= 4 is 22.2 Å². The van der Waals surface area contributed by atoms with E-state index in [1.54, 1.807) is 12.1 Å². The fraction of sp³-hybridized carbons (Fsp3) is 0.400. The Morgan fingerprint density at radius 1 is 1.37 bits per heavy atom. The van der Waals surface area contributed by atoms with E-state index in [1.165, 1.54) is 23.5 Å². The molecule has 0 bridgehead atoms. The minimum atomic E-state index is -0.523. The van der Waals surface area contributed by atoms with E-state index in [4.69, 9.17) is 4.74 Å². The molecule has 0 unspecified atom stereocenters. The Morgan fingerprint density at radius 2 is 2.07 bits per heavy atom. The van der Waals surface area contributed by atoms with E-state index in [0.717, 1.165) is 10.4 Å². The molecule has 0 fully saturated rings. The predicted octanol–water partition coefficient (Wildman–Crippen LogP) is 3.94. The molecule has 5 nitrogen and oxygen atoms in total. The van der Waals surface area contributed by atoms with Gasteiger partial charge in [0.05, 0.1) is 5.56 Å². The number of nitrogens with zero attached hydrogens (tertiary/aromatic N) is 1. The first-order valence-electron chi connectivity index (χ1n) is 8.66. The number of ether oxygens (including phenoxy) is 1. The summed E-state index contributed by atoms with van der Waals surface area (Å²) in [5.41, 5.74) is 1.01. The van der Waals surface area contributed by atoms with Gasteiger partial charge in [-0.2, -0.15) is 5.26 Å². The van der Waals surface area contributed by atoms with E-state index < -0.39 is 11.7 Å². The van der Waals surface area contributed by atoms with Crippen molar-refractivity contribution < 1.29 is 13.9 Å². The van der Waals surface area contributed by atoms with Crippen molar-refractivity contribution in [3.8, 4) is 11.8 Å². The molecule has 2 aromatic rings. The third-order valence-corrected chi connectivity index (χ3v) is 5.88. The maximum atomic E-state index is 13.6. The molecule has 2 N–H and O–H groups in total. The number of nitriles is 1. The van der Waals surface area contributed by atoms with Gasteiger partial charge in [-0.15, -0.1) is 11.3 Å². The lowest BCUT2D eigenvalue weighted by Crippen LogP contribution is -2.54. The van der Waals surface area contributed by atoms with Crippen molar-refractivity contribution in [1.29, 1.82) is 5.26 Å². The molecule has 0 saturated carbocycles. The highest BCUT2D eigenvalue weighted by Gasteiger charge is 2.40. The number of carbonyl (C=O) groups excluding carboxylic acids is 1. The van der Waals surface area contributed by atoms with Crippen LogP contribution in [0.15, 0.2) is 24.3 Å². The maximum absolute atomic E-state index is 13.6. The lowest BCUT2D eigenvalue weighted by atomic mass is 9.81. The van der Waals surface area contributed by atoms with Crippen molar-refractivity contribution in [2.45, 2.75) is 45.2 Å². The second-order valence-corrected chi connectivity index (χ2v) is 8.82. The second-order valence-electron chi connectivity index (χ2n) is 7.80. The minimum Gasteiger partial charge on any atom is -0.481 e.